The van der Waals surface area contributed by atoms with E-state index in [2.05, 4.69) is 10.0 Å². The second kappa shape index (κ2) is 7.58. The van der Waals surface area contributed by atoms with Crippen molar-refractivity contribution in [2.24, 2.45) is 0 Å². The fourth-order valence-corrected chi connectivity index (χ4v) is 3.82. The number of sulfonamides is 1. The summed E-state index contributed by atoms with van der Waals surface area (Å²) in [6.45, 7) is 1.93. The molecule has 1 heterocycles. The van der Waals surface area contributed by atoms with E-state index in [1.807, 2.05) is 37.3 Å². The van der Waals surface area contributed by atoms with Gasteiger partial charge in [0, 0.05) is 17.8 Å². The number of carbonyl (C=O) groups is 1. The Labute approximate surface area is 153 Å². The van der Waals surface area contributed by atoms with Gasteiger partial charge in [0.1, 0.15) is 0 Å². The van der Waals surface area contributed by atoms with Crippen molar-refractivity contribution in [2.75, 3.05) is 10.0 Å². The number of hydrogen-bond acceptors (Lipinski definition) is 3. The quantitative estimate of drug-likeness (QED) is 0.785. The van der Waals surface area contributed by atoms with Crippen LogP contribution < -0.4 is 10.0 Å². The minimum atomic E-state index is -3.70. The van der Waals surface area contributed by atoms with Crippen molar-refractivity contribution >= 4 is 33.4 Å². The molecule has 0 unspecified atom stereocenters. The molecule has 134 valence electrons. The van der Waals surface area contributed by atoms with Crippen LogP contribution in [0.2, 0.25) is 0 Å². The van der Waals surface area contributed by atoms with Crippen LogP contribution in [0, 0.1) is 0 Å². The van der Waals surface area contributed by atoms with Crippen molar-refractivity contribution in [2.45, 2.75) is 24.7 Å². The van der Waals surface area contributed by atoms with Crippen LogP contribution in [0.5, 0.6) is 0 Å². The van der Waals surface area contributed by atoms with Gasteiger partial charge in [0.15, 0.2) is 0 Å². The van der Waals surface area contributed by atoms with Gasteiger partial charge >= 0.3 is 0 Å². The van der Waals surface area contributed by atoms with Gasteiger partial charge in [-0.25, -0.2) is 8.42 Å². The van der Waals surface area contributed by atoms with Gasteiger partial charge in [-0.3, -0.25) is 9.52 Å². The molecule has 2 N–H and O–H groups in total. The monoisotopic (exact) mass is 368 g/mol. The molecule has 0 saturated carbocycles. The Balaban J connectivity index is 1.83. The van der Waals surface area contributed by atoms with Crippen molar-refractivity contribution in [1.82, 2.24) is 0 Å². The average molecular weight is 368 g/mol. The third kappa shape index (κ3) is 4.21. The van der Waals surface area contributed by atoms with E-state index >= 15 is 0 Å². The number of benzene rings is 2. The largest absolute Gasteiger partial charge is 0.326 e. The predicted molar refractivity (Wildman–Crippen MR) is 104 cm³/mol. The number of allylic oxidation sites excluding steroid dienone is 3. The predicted octanol–water partition coefficient (Wildman–Crippen LogP) is 3.96. The first-order chi connectivity index (χ1) is 12.5. The molecule has 1 amide bonds. The van der Waals surface area contributed by atoms with Crippen LogP contribution >= 0.6 is 0 Å². The first-order valence-electron chi connectivity index (χ1n) is 8.33. The third-order valence-corrected chi connectivity index (χ3v) is 5.39. The Morgan fingerprint density at radius 1 is 1.08 bits per heavy atom. The SMILES string of the molecule is C/C=C\C=C/c1cccc(NS(=O)(=O)c2ccc3c(c2)CCC(=O)N3)c1. The van der Waals surface area contributed by atoms with Gasteiger partial charge < -0.3 is 5.32 Å². The summed E-state index contributed by atoms with van der Waals surface area (Å²) in [7, 11) is -3.70. The summed E-state index contributed by atoms with van der Waals surface area (Å²) in [5.74, 6) is -0.0472. The summed E-state index contributed by atoms with van der Waals surface area (Å²) in [6, 6.07) is 11.9. The normalized spacial score (nSPS) is 14.4. The lowest BCUT2D eigenvalue weighted by Gasteiger charge is -2.18. The number of aryl methyl sites for hydroxylation is 1. The molecule has 1 aliphatic rings. The van der Waals surface area contributed by atoms with E-state index < -0.39 is 10.0 Å². The smallest absolute Gasteiger partial charge is 0.261 e. The van der Waals surface area contributed by atoms with Crippen LogP contribution in [0.1, 0.15) is 24.5 Å². The molecule has 0 aromatic heterocycles. The van der Waals surface area contributed by atoms with E-state index in [0.717, 1.165) is 11.1 Å². The van der Waals surface area contributed by atoms with Crippen LogP contribution in [-0.2, 0) is 21.2 Å². The maximum Gasteiger partial charge on any atom is 0.261 e. The third-order valence-electron chi connectivity index (χ3n) is 4.01. The summed E-state index contributed by atoms with van der Waals surface area (Å²) in [5.41, 5.74) is 2.90. The summed E-state index contributed by atoms with van der Waals surface area (Å²) < 4.78 is 28.0. The van der Waals surface area contributed by atoms with Crippen LogP contribution in [0.25, 0.3) is 6.08 Å². The molecule has 1 aliphatic heterocycles. The average Bonchev–Trinajstić information content (AvgIpc) is 2.61. The van der Waals surface area contributed by atoms with Crippen molar-refractivity contribution in [3.63, 3.8) is 0 Å². The zero-order valence-corrected chi connectivity index (χ0v) is 15.2. The van der Waals surface area contributed by atoms with Crippen LogP contribution in [0.4, 0.5) is 11.4 Å². The highest BCUT2D eigenvalue weighted by atomic mass is 32.2. The summed E-state index contributed by atoms with van der Waals surface area (Å²) in [5, 5.41) is 2.75. The topological polar surface area (TPSA) is 75.3 Å². The maximum atomic E-state index is 12.7. The Morgan fingerprint density at radius 3 is 2.73 bits per heavy atom. The number of anilines is 2. The summed E-state index contributed by atoms with van der Waals surface area (Å²) in [4.78, 5) is 11.6. The first-order valence-corrected chi connectivity index (χ1v) is 9.81. The highest BCUT2D eigenvalue weighted by Gasteiger charge is 2.20. The number of carbonyl (C=O) groups excluding carboxylic acids is 1. The molecule has 0 spiro atoms. The van der Waals surface area contributed by atoms with E-state index in [0.29, 0.717) is 24.2 Å². The van der Waals surface area contributed by atoms with Crippen molar-refractivity contribution in [1.29, 1.82) is 0 Å². The minimum Gasteiger partial charge on any atom is -0.326 e. The van der Waals surface area contributed by atoms with Crippen molar-refractivity contribution in [3.05, 3.63) is 71.8 Å². The molecule has 2 aromatic rings. The van der Waals surface area contributed by atoms with Gasteiger partial charge in [0.2, 0.25) is 5.91 Å². The molecule has 3 rings (SSSR count). The summed E-state index contributed by atoms with van der Waals surface area (Å²) >= 11 is 0. The van der Waals surface area contributed by atoms with Crippen LogP contribution in [0.15, 0.2) is 65.6 Å². The molecule has 5 nitrogen and oxygen atoms in total. The Morgan fingerprint density at radius 2 is 1.92 bits per heavy atom. The standard InChI is InChI=1S/C20H20N2O3S/c1-2-3-4-6-15-7-5-8-17(13-15)22-26(24,25)18-10-11-19-16(14-18)9-12-20(23)21-19/h2-8,10-11,13-14,22H,9,12H2,1H3,(H,21,23)/b3-2-,6-4-. The van der Waals surface area contributed by atoms with E-state index in [-0.39, 0.29) is 10.8 Å². The minimum absolute atomic E-state index is 0.0472. The van der Waals surface area contributed by atoms with E-state index in [4.69, 9.17) is 0 Å². The molecule has 0 radical (unpaired) electrons. The van der Waals surface area contributed by atoms with E-state index in [1.54, 1.807) is 30.3 Å². The number of amides is 1. The first kappa shape index (κ1) is 17.9. The lowest BCUT2D eigenvalue weighted by atomic mass is 10.0. The maximum absolute atomic E-state index is 12.7. The van der Waals surface area contributed by atoms with Gasteiger partial charge in [-0.2, -0.15) is 0 Å². The molecule has 0 aliphatic carbocycles. The van der Waals surface area contributed by atoms with Gasteiger partial charge in [0.05, 0.1) is 4.90 Å². The number of rotatable bonds is 5. The van der Waals surface area contributed by atoms with E-state index in [9.17, 15) is 13.2 Å². The fraction of sp³-hybridized carbons (Fsp3) is 0.150. The molecular formula is C20H20N2O3S. The van der Waals surface area contributed by atoms with Crippen LogP contribution in [-0.4, -0.2) is 14.3 Å². The molecule has 0 bridgehead atoms. The van der Waals surface area contributed by atoms with Gasteiger partial charge in [0.25, 0.3) is 10.0 Å². The van der Waals surface area contributed by atoms with E-state index in [1.165, 1.54) is 6.07 Å². The van der Waals surface area contributed by atoms with Crippen molar-refractivity contribution in [3.8, 4) is 0 Å². The molecule has 0 saturated heterocycles. The second-order valence-corrected chi connectivity index (χ2v) is 7.67. The highest BCUT2D eigenvalue weighted by molar-refractivity contribution is 7.92. The lowest BCUT2D eigenvalue weighted by Crippen LogP contribution is -2.20. The molecule has 6 heteroatoms. The molecule has 2 aromatic carbocycles. The van der Waals surface area contributed by atoms with Gasteiger partial charge in [-0.05, 0) is 54.8 Å². The summed E-state index contributed by atoms with van der Waals surface area (Å²) in [6.07, 6.45) is 8.52. The molecule has 0 fully saturated rings. The zero-order valence-electron chi connectivity index (χ0n) is 14.4. The van der Waals surface area contributed by atoms with Gasteiger partial charge in [-0.1, -0.05) is 36.4 Å². The number of fused-ring (bicyclic) bond motifs is 1. The Hall–Kier alpha value is -2.86. The Kier molecular flexibility index (Phi) is 5.23. The molecule has 26 heavy (non-hydrogen) atoms. The Bertz CT molecular complexity index is 992. The number of nitrogens with one attached hydrogen (secondary N) is 2. The fourth-order valence-electron chi connectivity index (χ4n) is 2.72. The molecule has 0 atom stereocenters. The van der Waals surface area contributed by atoms with Gasteiger partial charge in [-0.15, -0.1) is 0 Å². The lowest BCUT2D eigenvalue weighted by molar-refractivity contribution is -0.116. The number of hydrogen-bond donors (Lipinski definition) is 2. The molecular weight excluding hydrogens is 348 g/mol. The van der Waals surface area contributed by atoms with Crippen LogP contribution in [0.3, 0.4) is 0 Å². The zero-order chi connectivity index (χ0) is 18.6. The highest BCUT2D eigenvalue weighted by Crippen LogP contribution is 2.26. The van der Waals surface area contributed by atoms with Crippen molar-refractivity contribution < 1.29 is 13.2 Å². The second-order valence-electron chi connectivity index (χ2n) is 5.98.